The molecule has 1 spiro atoms. The number of allylic oxidation sites excluding steroid dienone is 1. The molecule has 2 aliphatic heterocycles. The molecule has 3 aliphatic carbocycles. The summed E-state index contributed by atoms with van der Waals surface area (Å²) >= 11 is 6.38. The van der Waals surface area contributed by atoms with Gasteiger partial charge in [-0.1, -0.05) is 29.8 Å². The molecule has 43 heavy (non-hydrogen) atoms. The number of benzene rings is 2. The second kappa shape index (κ2) is 11.1. The van der Waals surface area contributed by atoms with Crippen molar-refractivity contribution in [3.8, 4) is 5.75 Å². The highest BCUT2D eigenvalue weighted by atomic mass is 35.5. The summed E-state index contributed by atoms with van der Waals surface area (Å²) in [6.07, 6.45) is 7.96. The third kappa shape index (κ3) is 5.36. The Morgan fingerprint density at radius 3 is 2.74 bits per heavy atom. The van der Waals surface area contributed by atoms with Crippen LogP contribution >= 0.6 is 11.6 Å². The van der Waals surface area contributed by atoms with Gasteiger partial charge in [-0.25, -0.2) is 13.1 Å². The number of ether oxygens (including phenoxy) is 1. The average molecular weight is 627 g/mol. The van der Waals surface area contributed by atoms with Crippen molar-refractivity contribution in [1.29, 1.82) is 0 Å². The van der Waals surface area contributed by atoms with Gasteiger partial charge in [0.1, 0.15) is 5.75 Å². The Balaban J connectivity index is 1.29. The van der Waals surface area contributed by atoms with Crippen LogP contribution in [0.4, 0.5) is 5.69 Å². The molecule has 0 unspecified atom stereocenters. The largest absolute Gasteiger partial charge is 0.490 e. The first-order valence-corrected chi connectivity index (χ1v) is 17.4. The van der Waals surface area contributed by atoms with Crippen molar-refractivity contribution in [3.63, 3.8) is 0 Å². The van der Waals surface area contributed by atoms with E-state index in [0.29, 0.717) is 38.3 Å². The lowest BCUT2D eigenvalue weighted by Crippen LogP contribution is -2.49. The lowest BCUT2D eigenvalue weighted by Gasteiger charge is -2.45. The van der Waals surface area contributed by atoms with Gasteiger partial charge in [-0.05, 0) is 111 Å². The van der Waals surface area contributed by atoms with Crippen LogP contribution in [0.5, 0.6) is 5.75 Å². The number of sulfonamides is 1. The van der Waals surface area contributed by atoms with Gasteiger partial charge in [0.05, 0.1) is 29.8 Å². The maximum Gasteiger partial charge on any atom is 0.264 e. The van der Waals surface area contributed by atoms with Crippen LogP contribution in [0.2, 0.25) is 5.02 Å². The van der Waals surface area contributed by atoms with E-state index in [1.165, 1.54) is 11.1 Å². The minimum atomic E-state index is -4.05. The minimum Gasteiger partial charge on any atom is -0.490 e. The molecular weight excluding hydrogens is 588 g/mol. The molecule has 2 fully saturated rings. The van der Waals surface area contributed by atoms with E-state index in [0.717, 1.165) is 42.8 Å². The molecule has 230 valence electrons. The number of carbonyl (C=O) groups excluding carboxylic acids is 1. The van der Waals surface area contributed by atoms with E-state index in [-0.39, 0.29) is 35.2 Å². The predicted molar refractivity (Wildman–Crippen MR) is 165 cm³/mol. The molecule has 3 N–H and O–H groups in total. The summed E-state index contributed by atoms with van der Waals surface area (Å²) in [5.41, 5.74) is 3.22. The van der Waals surface area contributed by atoms with Crippen molar-refractivity contribution >= 4 is 33.2 Å². The van der Waals surface area contributed by atoms with Gasteiger partial charge in [0.2, 0.25) is 10.0 Å². The van der Waals surface area contributed by atoms with Crippen molar-refractivity contribution in [2.75, 3.05) is 24.6 Å². The molecule has 2 heterocycles. The number of fused-ring (bicyclic) bond motifs is 5. The third-order valence-corrected chi connectivity index (χ3v) is 12.8. The number of hydrogen-bond donors (Lipinski definition) is 3. The topological polar surface area (TPSA) is 116 Å². The van der Waals surface area contributed by atoms with Crippen LogP contribution in [0.3, 0.4) is 0 Å². The van der Waals surface area contributed by atoms with Crippen molar-refractivity contribution < 1.29 is 28.2 Å². The van der Waals surface area contributed by atoms with Crippen LogP contribution in [0.25, 0.3) is 0 Å². The number of aliphatic hydroxyl groups excluding tert-OH is 2. The Labute approximate surface area is 258 Å². The highest BCUT2D eigenvalue weighted by Crippen LogP contribution is 2.47. The first kappa shape index (κ1) is 29.1. The fourth-order valence-corrected chi connectivity index (χ4v) is 10.2. The van der Waals surface area contributed by atoms with E-state index >= 15 is 0 Å². The zero-order chi connectivity index (χ0) is 29.9. The third-order valence-electron chi connectivity index (χ3n) is 10.7. The van der Waals surface area contributed by atoms with E-state index in [2.05, 4.69) is 21.8 Å². The van der Waals surface area contributed by atoms with Crippen molar-refractivity contribution in [3.05, 3.63) is 70.3 Å². The summed E-state index contributed by atoms with van der Waals surface area (Å²) in [6, 6.07) is 11.3. The molecule has 10 heteroatoms. The smallest absolute Gasteiger partial charge is 0.264 e. The summed E-state index contributed by atoms with van der Waals surface area (Å²) < 4.78 is 35.7. The van der Waals surface area contributed by atoms with Gasteiger partial charge in [0.15, 0.2) is 0 Å². The van der Waals surface area contributed by atoms with Crippen molar-refractivity contribution in [1.82, 2.24) is 4.72 Å². The van der Waals surface area contributed by atoms with Gasteiger partial charge in [-0.3, -0.25) is 4.79 Å². The molecule has 0 aromatic heterocycles. The molecule has 2 saturated carbocycles. The quantitative estimate of drug-likeness (QED) is 0.372. The number of carbonyl (C=O) groups is 1. The second-order valence-electron chi connectivity index (χ2n) is 13.3. The lowest BCUT2D eigenvalue weighted by molar-refractivity contribution is 0.0455. The number of rotatable bonds is 0. The first-order chi connectivity index (χ1) is 20.6. The van der Waals surface area contributed by atoms with Crippen LogP contribution in [0, 0.1) is 17.8 Å². The lowest BCUT2D eigenvalue weighted by atomic mass is 9.68. The number of amides is 1. The van der Waals surface area contributed by atoms with E-state index in [9.17, 15) is 23.4 Å². The molecule has 2 aromatic rings. The van der Waals surface area contributed by atoms with Gasteiger partial charge >= 0.3 is 0 Å². The Kier molecular flexibility index (Phi) is 7.51. The maximum atomic E-state index is 13.5. The predicted octanol–water partition coefficient (Wildman–Crippen LogP) is 4.36. The minimum absolute atomic E-state index is 0.0783. The highest BCUT2D eigenvalue weighted by molar-refractivity contribution is 7.90. The van der Waals surface area contributed by atoms with Gasteiger partial charge in [0, 0.05) is 29.1 Å². The molecule has 7 rings (SSSR count). The van der Waals surface area contributed by atoms with Crippen molar-refractivity contribution in [2.45, 2.75) is 74.2 Å². The Morgan fingerprint density at radius 2 is 1.93 bits per heavy atom. The average Bonchev–Trinajstić information content (AvgIpc) is 3.26. The summed E-state index contributed by atoms with van der Waals surface area (Å²) in [4.78, 5) is 15.8. The fourth-order valence-electron chi connectivity index (χ4n) is 8.29. The van der Waals surface area contributed by atoms with Crippen molar-refractivity contribution in [2.24, 2.45) is 17.8 Å². The number of anilines is 1. The number of nitrogens with zero attached hydrogens (tertiary/aromatic N) is 1. The number of aliphatic hydroxyl groups is 2. The molecule has 0 saturated heterocycles. The molecule has 8 nitrogen and oxygen atoms in total. The van der Waals surface area contributed by atoms with Crippen LogP contribution < -0.4 is 14.4 Å². The number of nitrogens with one attached hydrogen (secondary N) is 1. The molecule has 2 aromatic carbocycles. The van der Waals surface area contributed by atoms with Gasteiger partial charge < -0.3 is 19.8 Å². The standard InChI is InChI=1S/C33H39ClN2O6S/c34-24-8-10-27-20(13-24)4-2-12-33(27)18-36-17-23-6-9-26(23)29(38)5-1-3-21-14-25(37)16-31(21)43(40,41)35-32(39)22-7-11-30(42-19-33)28(36)15-22/h1,5,7-8,10-11,13,15,21,23,25-26,29,31,37-38H,2-4,6,9,12,14,16-19H2,(H,35,39)/b5-1-/t21-,23+,25-,26-,29+,31-,33+/m1/s1. The molecule has 2 bridgehead atoms. The van der Waals surface area contributed by atoms with Gasteiger partial charge in [0.25, 0.3) is 5.91 Å². The molecular formula is C33H39ClN2O6S. The van der Waals surface area contributed by atoms with Crippen LogP contribution in [-0.4, -0.2) is 61.7 Å². The highest BCUT2D eigenvalue weighted by Gasteiger charge is 2.45. The number of aryl methyl sites for hydroxylation is 1. The first-order valence-electron chi connectivity index (χ1n) is 15.5. The maximum absolute atomic E-state index is 13.5. The second-order valence-corrected chi connectivity index (χ2v) is 15.7. The van der Waals surface area contributed by atoms with Crippen LogP contribution in [-0.2, 0) is 21.9 Å². The Hall–Kier alpha value is -2.59. The number of halogens is 1. The molecule has 5 aliphatic rings. The zero-order valence-electron chi connectivity index (χ0n) is 24.1. The summed E-state index contributed by atoms with van der Waals surface area (Å²) in [7, 11) is -4.05. The molecule has 7 atom stereocenters. The van der Waals surface area contributed by atoms with E-state index in [1.807, 2.05) is 12.1 Å². The normalized spacial score (nSPS) is 35.8. The van der Waals surface area contributed by atoms with E-state index in [1.54, 1.807) is 24.3 Å². The van der Waals surface area contributed by atoms with Crippen LogP contribution in [0.15, 0.2) is 48.6 Å². The van der Waals surface area contributed by atoms with E-state index in [4.69, 9.17) is 16.3 Å². The molecule has 0 radical (unpaired) electrons. The molecule has 1 amide bonds. The summed E-state index contributed by atoms with van der Waals surface area (Å²) in [5, 5.41) is 21.4. The zero-order valence-corrected chi connectivity index (χ0v) is 25.7. The fraction of sp³-hybridized carbons (Fsp3) is 0.545. The SMILES string of the molecule is O=C1NS(=O)(=O)[C@@H]2C[C@H](O)C[C@H]2C/C=C\[C@H](O)[C@@H]2CC[C@H]2CN2C[C@@]3(CCCc4cc(Cl)ccc43)COc3ccc1cc32. The Bertz CT molecular complexity index is 1560. The number of hydrogen-bond acceptors (Lipinski definition) is 7. The van der Waals surface area contributed by atoms with Gasteiger partial charge in [-0.2, -0.15) is 0 Å². The summed E-state index contributed by atoms with van der Waals surface area (Å²) in [6.45, 7) is 1.85. The summed E-state index contributed by atoms with van der Waals surface area (Å²) in [5.74, 6) is -0.0183. The Morgan fingerprint density at radius 1 is 1.07 bits per heavy atom. The van der Waals surface area contributed by atoms with E-state index < -0.39 is 33.4 Å². The monoisotopic (exact) mass is 626 g/mol. The van der Waals surface area contributed by atoms with Gasteiger partial charge in [-0.15, -0.1) is 0 Å². The van der Waals surface area contributed by atoms with Crippen LogP contribution in [0.1, 0.15) is 66.4 Å².